The van der Waals surface area contributed by atoms with E-state index < -0.39 is 24.1 Å². The van der Waals surface area contributed by atoms with Gasteiger partial charge >= 0.3 is 12.1 Å². The Morgan fingerprint density at radius 3 is 2.72 bits per heavy atom. The van der Waals surface area contributed by atoms with Crippen LogP contribution in [-0.2, 0) is 9.53 Å². The van der Waals surface area contributed by atoms with Crippen molar-refractivity contribution in [2.45, 2.75) is 31.5 Å². The molecule has 0 saturated carbocycles. The highest BCUT2D eigenvalue weighted by Crippen LogP contribution is 2.30. The Morgan fingerprint density at radius 1 is 1.56 bits per heavy atom. The molecule has 0 aromatic carbocycles. The number of nitrogens with zero attached hydrogens (tertiary/aromatic N) is 1. The number of ether oxygens (including phenoxy) is 1. The van der Waals surface area contributed by atoms with Crippen molar-refractivity contribution in [3.8, 4) is 0 Å². The Balaban J connectivity index is 2.71. The van der Waals surface area contributed by atoms with Crippen molar-refractivity contribution in [2.75, 3.05) is 26.7 Å². The van der Waals surface area contributed by atoms with Crippen LogP contribution in [0.15, 0.2) is 0 Å². The normalized spacial score (nSPS) is 23.7. The predicted molar refractivity (Wildman–Crippen MR) is 59.8 cm³/mol. The van der Waals surface area contributed by atoms with E-state index >= 15 is 0 Å². The first-order chi connectivity index (χ1) is 8.40. The van der Waals surface area contributed by atoms with Gasteiger partial charge in [-0.3, -0.25) is 9.69 Å². The number of nitrogens with two attached hydrogens (primary N) is 1. The van der Waals surface area contributed by atoms with Crippen LogP contribution in [0.3, 0.4) is 0 Å². The molecular formula is C11H19F3N2O2. The number of carbonyl (C=O) groups excluding carboxylic acids is 1. The van der Waals surface area contributed by atoms with Gasteiger partial charge in [0.2, 0.25) is 0 Å². The zero-order valence-electron chi connectivity index (χ0n) is 10.4. The van der Waals surface area contributed by atoms with Crippen molar-refractivity contribution in [1.82, 2.24) is 4.90 Å². The highest BCUT2D eigenvalue weighted by Gasteiger charge is 2.44. The third-order valence-electron chi connectivity index (χ3n) is 3.25. The Morgan fingerprint density at radius 2 is 2.22 bits per heavy atom. The van der Waals surface area contributed by atoms with Crippen LogP contribution in [0.25, 0.3) is 0 Å². The van der Waals surface area contributed by atoms with E-state index in [1.165, 1.54) is 12.0 Å². The number of alkyl halides is 3. The number of rotatable bonds is 4. The van der Waals surface area contributed by atoms with Gasteiger partial charge in [0.05, 0.1) is 13.0 Å². The number of hydrogen-bond acceptors (Lipinski definition) is 4. The second-order valence-electron chi connectivity index (χ2n) is 4.49. The van der Waals surface area contributed by atoms with Gasteiger partial charge in [0.25, 0.3) is 0 Å². The number of methoxy groups -OCH3 is 1. The van der Waals surface area contributed by atoms with Gasteiger partial charge in [0, 0.05) is 6.54 Å². The van der Waals surface area contributed by atoms with Gasteiger partial charge in [-0.15, -0.1) is 0 Å². The molecule has 0 bridgehead atoms. The van der Waals surface area contributed by atoms with Crippen LogP contribution >= 0.6 is 0 Å². The number of esters is 1. The fraction of sp³-hybridized carbons (Fsp3) is 0.909. The summed E-state index contributed by atoms with van der Waals surface area (Å²) < 4.78 is 43.3. The fourth-order valence-electron chi connectivity index (χ4n) is 2.36. The highest BCUT2D eigenvalue weighted by molar-refractivity contribution is 5.72. The van der Waals surface area contributed by atoms with Gasteiger partial charge in [0.1, 0.15) is 6.04 Å². The maximum absolute atomic E-state index is 12.9. The third kappa shape index (κ3) is 3.84. The lowest BCUT2D eigenvalue weighted by Gasteiger charge is -2.38. The molecule has 1 rings (SSSR count). The largest absolute Gasteiger partial charge is 0.469 e. The number of piperidine rings is 1. The molecule has 2 unspecified atom stereocenters. The van der Waals surface area contributed by atoms with Crippen molar-refractivity contribution >= 4 is 5.97 Å². The molecule has 2 atom stereocenters. The lowest BCUT2D eigenvalue weighted by Crippen LogP contribution is -2.51. The minimum absolute atomic E-state index is 0.0242. The smallest absolute Gasteiger partial charge is 0.404 e. The summed E-state index contributed by atoms with van der Waals surface area (Å²) in [7, 11) is 1.25. The quantitative estimate of drug-likeness (QED) is 0.777. The third-order valence-corrected chi connectivity index (χ3v) is 3.25. The van der Waals surface area contributed by atoms with Gasteiger partial charge in [-0.05, 0) is 32.4 Å². The summed E-state index contributed by atoms with van der Waals surface area (Å²) in [6.45, 7) is 0.415. The van der Waals surface area contributed by atoms with Gasteiger partial charge < -0.3 is 10.5 Å². The zero-order chi connectivity index (χ0) is 13.8. The molecule has 1 aliphatic heterocycles. The van der Waals surface area contributed by atoms with Gasteiger partial charge in [-0.1, -0.05) is 0 Å². The summed E-state index contributed by atoms with van der Waals surface area (Å²) >= 11 is 0. The fourth-order valence-corrected chi connectivity index (χ4v) is 2.36. The molecule has 2 N–H and O–H groups in total. The molecule has 0 aliphatic carbocycles. The molecule has 0 spiro atoms. The zero-order valence-corrected chi connectivity index (χ0v) is 10.4. The predicted octanol–water partition coefficient (Wildman–Crippen LogP) is 1.15. The van der Waals surface area contributed by atoms with E-state index in [-0.39, 0.29) is 19.5 Å². The SMILES string of the molecule is COC(=O)C1CCCN(C(CCN)C(F)(F)F)C1. The van der Waals surface area contributed by atoms with Crippen molar-refractivity contribution in [3.05, 3.63) is 0 Å². The van der Waals surface area contributed by atoms with Crippen LogP contribution in [0.1, 0.15) is 19.3 Å². The minimum atomic E-state index is -4.31. The Bertz CT molecular complexity index is 284. The Hall–Kier alpha value is -0.820. The van der Waals surface area contributed by atoms with Crippen LogP contribution in [0.5, 0.6) is 0 Å². The lowest BCUT2D eigenvalue weighted by atomic mass is 9.96. The van der Waals surface area contributed by atoms with E-state index in [2.05, 4.69) is 4.74 Å². The van der Waals surface area contributed by atoms with Crippen LogP contribution < -0.4 is 5.73 Å². The van der Waals surface area contributed by atoms with E-state index in [0.29, 0.717) is 19.4 Å². The minimum Gasteiger partial charge on any atom is -0.469 e. The van der Waals surface area contributed by atoms with E-state index in [9.17, 15) is 18.0 Å². The number of halogens is 3. The molecule has 0 aromatic rings. The lowest BCUT2D eigenvalue weighted by molar-refractivity contribution is -0.191. The number of hydrogen-bond donors (Lipinski definition) is 1. The van der Waals surface area contributed by atoms with Crippen LogP contribution in [-0.4, -0.2) is 49.8 Å². The molecule has 4 nitrogen and oxygen atoms in total. The van der Waals surface area contributed by atoms with Crippen molar-refractivity contribution in [2.24, 2.45) is 11.7 Å². The summed E-state index contributed by atoms with van der Waals surface area (Å²) in [5.74, 6) is -0.903. The molecule has 0 amide bonds. The van der Waals surface area contributed by atoms with Crippen LogP contribution in [0, 0.1) is 5.92 Å². The molecule has 1 heterocycles. The number of carbonyl (C=O) groups is 1. The average molecular weight is 268 g/mol. The van der Waals surface area contributed by atoms with Crippen LogP contribution in [0.2, 0.25) is 0 Å². The maximum Gasteiger partial charge on any atom is 0.404 e. The summed E-state index contributed by atoms with van der Waals surface area (Å²) in [6, 6.07) is -1.56. The number of likely N-dealkylation sites (tertiary alicyclic amines) is 1. The summed E-state index contributed by atoms with van der Waals surface area (Å²) in [6.07, 6.45) is -3.30. The van der Waals surface area contributed by atoms with Gasteiger partial charge in [-0.25, -0.2) is 0 Å². The van der Waals surface area contributed by atoms with Gasteiger partial charge in [0.15, 0.2) is 0 Å². The average Bonchev–Trinajstić information content (AvgIpc) is 2.33. The molecule has 1 aliphatic rings. The van der Waals surface area contributed by atoms with E-state index in [1.54, 1.807) is 0 Å². The van der Waals surface area contributed by atoms with E-state index in [4.69, 9.17) is 5.73 Å². The highest BCUT2D eigenvalue weighted by atomic mass is 19.4. The summed E-state index contributed by atoms with van der Waals surface area (Å²) in [5, 5.41) is 0. The topological polar surface area (TPSA) is 55.6 Å². The molecule has 1 fully saturated rings. The monoisotopic (exact) mass is 268 g/mol. The van der Waals surface area contributed by atoms with Gasteiger partial charge in [-0.2, -0.15) is 13.2 Å². The van der Waals surface area contributed by atoms with E-state index in [0.717, 1.165) is 0 Å². The molecular weight excluding hydrogens is 249 g/mol. The summed E-state index contributed by atoms with van der Waals surface area (Å²) in [5.41, 5.74) is 5.24. The van der Waals surface area contributed by atoms with Crippen LogP contribution in [0.4, 0.5) is 13.2 Å². The molecule has 0 aromatic heterocycles. The van der Waals surface area contributed by atoms with Crippen molar-refractivity contribution in [1.29, 1.82) is 0 Å². The molecule has 1 saturated heterocycles. The Kier molecular flexibility index (Phi) is 5.40. The standard InChI is InChI=1S/C11H19F3N2O2/c1-18-10(17)8-3-2-6-16(7-8)9(4-5-15)11(12,13)14/h8-9H,2-7,15H2,1H3. The molecule has 7 heteroatoms. The second-order valence-corrected chi connectivity index (χ2v) is 4.49. The molecule has 18 heavy (non-hydrogen) atoms. The Labute approximate surface area is 104 Å². The van der Waals surface area contributed by atoms with E-state index in [1.807, 2.05) is 0 Å². The first-order valence-corrected chi connectivity index (χ1v) is 5.98. The first-order valence-electron chi connectivity index (χ1n) is 5.98. The van der Waals surface area contributed by atoms with Crippen molar-refractivity contribution < 1.29 is 22.7 Å². The van der Waals surface area contributed by atoms with Crippen molar-refractivity contribution in [3.63, 3.8) is 0 Å². The second kappa shape index (κ2) is 6.38. The molecule has 106 valence electrons. The summed E-state index contributed by atoms with van der Waals surface area (Å²) in [4.78, 5) is 12.7. The molecule has 0 radical (unpaired) electrons. The maximum atomic E-state index is 12.9. The first kappa shape index (κ1) is 15.2.